The number of hydrogen-bond donors (Lipinski definition) is 0. The SMILES string of the molecule is BC(B)(CC(B)(B)C(=O)OCC(=O)OCc1ccccc1)OC(C)=O. The third-order valence-corrected chi connectivity index (χ3v) is 3.40. The molecule has 10 heteroatoms. The molecule has 0 spiro atoms. The van der Waals surface area contributed by atoms with Crippen LogP contribution in [0, 0.1) is 0 Å². The minimum absolute atomic E-state index is 0.125. The van der Waals surface area contributed by atoms with Gasteiger partial charge in [0.25, 0.3) is 5.97 Å². The Kier molecular flexibility index (Phi) is 7.39. The van der Waals surface area contributed by atoms with E-state index in [1.807, 2.05) is 30.3 Å². The summed E-state index contributed by atoms with van der Waals surface area (Å²) in [5.74, 6) is -1.59. The van der Waals surface area contributed by atoms with E-state index in [2.05, 4.69) is 0 Å². The van der Waals surface area contributed by atoms with E-state index in [0.717, 1.165) is 5.56 Å². The summed E-state index contributed by atoms with van der Waals surface area (Å²) in [6, 6.07) is 9.22. The third-order valence-electron chi connectivity index (χ3n) is 3.40. The molecule has 1 aromatic rings. The first-order valence-corrected chi connectivity index (χ1v) is 8.08. The molecule has 0 saturated heterocycles. The number of esters is 3. The van der Waals surface area contributed by atoms with Crippen molar-refractivity contribution in [1.29, 1.82) is 0 Å². The Morgan fingerprint density at radius 2 is 1.60 bits per heavy atom. The van der Waals surface area contributed by atoms with Crippen LogP contribution < -0.4 is 0 Å². The number of rotatable bonds is 8. The zero-order valence-corrected chi connectivity index (χ0v) is 15.5. The van der Waals surface area contributed by atoms with Gasteiger partial charge in [-0.05, 0) is 12.0 Å². The lowest BCUT2D eigenvalue weighted by atomic mass is 9.45. The van der Waals surface area contributed by atoms with E-state index in [-0.39, 0.29) is 13.0 Å². The van der Waals surface area contributed by atoms with Crippen molar-refractivity contribution in [2.75, 3.05) is 6.61 Å². The molecule has 0 aromatic heterocycles. The number of ether oxygens (including phenoxy) is 3. The fourth-order valence-corrected chi connectivity index (χ4v) is 2.66. The molecule has 0 radical (unpaired) electrons. The molecule has 0 heterocycles. The fraction of sp³-hybridized carbons (Fsp3) is 0.400. The summed E-state index contributed by atoms with van der Waals surface area (Å²) in [6.45, 7) is 0.985. The monoisotopic (exact) mass is 342 g/mol. The van der Waals surface area contributed by atoms with Crippen molar-refractivity contribution in [2.45, 2.75) is 30.6 Å². The molecule has 0 unspecified atom stereocenters. The van der Waals surface area contributed by atoms with Crippen LogP contribution >= 0.6 is 0 Å². The van der Waals surface area contributed by atoms with Crippen LogP contribution in [0.1, 0.15) is 18.9 Å². The average molecular weight is 342 g/mol. The maximum Gasteiger partial charge on any atom is 0.344 e. The Morgan fingerprint density at radius 3 is 2.16 bits per heavy atom. The van der Waals surface area contributed by atoms with Crippen LogP contribution in [0.25, 0.3) is 0 Å². The van der Waals surface area contributed by atoms with Crippen molar-refractivity contribution in [2.24, 2.45) is 0 Å². The van der Waals surface area contributed by atoms with Crippen molar-refractivity contribution >= 4 is 49.3 Å². The quantitative estimate of drug-likeness (QED) is 0.296. The Bertz CT molecular complexity index is 618. The third kappa shape index (κ3) is 8.01. The van der Waals surface area contributed by atoms with Crippen LogP contribution in [-0.4, -0.2) is 61.3 Å². The van der Waals surface area contributed by atoms with Crippen LogP contribution in [0.15, 0.2) is 30.3 Å². The first-order valence-electron chi connectivity index (χ1n) is 8.08. The molecule has 1 aromatic carbocycles. The summed E-state index contributed by atoms with van der Waals surface area (Å²) in [4.78, 5) is 35.1. The zero-order valence-electron chi connectivity index (χ0n) is 15.5. The molecule has 6 nitrogen and oxygen atoms in total. The molecular formula is C15H22B4O6. The summed E-state index contributed by atoms with van der Waals surface area (Å²) in [5, 5.41) is -1.74. The summed E-state index contributed by atoms with van der Waals surface area (Å²) in [7, 11) is 6.79. The molecule has 1 rings (SSSR count). The first kappa shape index (κ1) is 20.9. The highest BCUT2D eigenvalue weighted by Crippen LogP contribution is 2.29. The van der Waals surface area contributed by atoms with E-state index in [1.54, 1.807) is 31.4 Å². The molecule has 130 valence electrons. The minimum Gasteiger partial charge on any atom is -0.478 e. The van der Waals surface area contributed by atoms with Gasteiger partial charge in [0, 0.05) is 17.5 Å². The van der Waals surface area contributed by atoms with Gasteiger partial charge in [-0.1, -0.05) is 30.3 Å². The molecule has 0 atom stereocenters. The maximum atomic E-state index is 12.2. The van der Waals surface area contributed by atoms with Gasteiger partial charge in [-0.3, -0.25) is 9.59 Å². The van der Waals surface area contributed by atoms with Gasteiger partial charge >= 0.3 is 11.9 Å². The van der Waals surface area contributed by atoms with Crippen molar-refractivity contribution < 1.29 is 28.6 Å². The Balaban J connectivity index is 2.45. The maximum absolute atomic E-state index is 12.2. The summed E-state index contributed by atoms with van der Waals surface area (Å²) in [5.41, 5.74) is 0.852. The number of hydrogen-bond acceptors (Lipinski definition) is 6. The Morgan fingerprint density at radius 1 is 1.00 bits per heavy atom. The number of benzene rings is 1. The van der Waals surface area contributed by atoms with Gasteiger partial charge in [0.2, 0.25) is 0 Å². The molecule has 0 aliphatic carbocycles. The first-order chi connectivity index (χ1) is 11.5. The smallest absolute Gasteiger partial charge is 0.344 e. The van der Waals surface area contributed by atoms with Crippen molar-refractivity contribution in [3.05, 3.63) is 35.9 Å². The zero-order chi connectivity index (χ0) is 19.1. The molecule has 0 aliphatic heterocycles. The summed E-state index contributed by atoms with van der Waals surface area (Å²) < 4.78 is 15.3. The largest absolute Gasteiger partial charge is 0.478 e. The summed E-state index contributed by atoms with van der Waals surface area (Å²) in [6.07, 6.45) is 0.261. The standard InChI is InChI=1S/C15H22B4O6/c1-10(20)25-15(18,19)9-14(16,17)13(22)24-8-12(21)23-7-11-5-3-2-4-6-11/h2-6H,7-9,16-19H2,1H3. The van der Waals surface area contributed by atoms with Crippen LogP contribution in [-0.2, 0) is 35.2 Å². The van der Waals surface area contributed by atoms with Gasteiger partial charge in [0.05, 0.1) is 0 Å². The Hall–Kier alpha value is -2.11. The van der Waals surface area contributed by atoms with Crippen LogP contribution in [0.5, 0.6) is 0 Å². The fourth-order valence-electron chi connectivity index (χ4n) is 2.66. The van der Waals surface area contributed by atoms with Crippen molar-refractivity contribution in [1.82, 2.24) is 0 Å². The predicted octanol–water partition coefficient (Wildman–Crippen LogP) is -2.47. The second-order valence-corrected chi connectivity index (χ2v) is 7.14. The molecule has 0 N–H and O–H groups in total. The molecular weight excluding hydrogens is 319 g/mol. The van der Waals surface area contributed by atoms with E-state index in [9.17, 15) is 14.4 Å². The second-order valence-electron chi connectivity index (χ2n) is 7.14. The van der Waals surface area contributed by atoms with Crippen molar-refractivity contribution in [3.63, 3.8) is 0 Å². The lowest BCUT2D eigenvalue weighted by molar-refractivity contribution is -0.160. The van der Waals surface area contributed by atoms with Gasteiger partial charge in [-0.2, -0.15) is 0 Å². The predicted molar refractivity (Wildman–Crippen MR) is 103 cm³/mol. The highest BCUT2D eigenvalue weighted by Gasteiger charge is 2.37. The van der Waals surface area contributed by atoms with Gasteiger partial charge in [0.1, 0.15) is 38.0 Å². The normalized spacial score (nSPS) is 11.4. The highest BCUT2D eigenvalue weighted by atomic mass is 16.6. The van der Waals surface area contributed by atoms with E-state index in [1.165, 1.54) is 6.92 Å². The van der Waals surface area contributed by atoms with Crippen molar-refractivity contribution in [3.8, 4) is 0 Å². The topological polar surface area (TPSA) is 78.9 Å². The van der Waals surface area contributed by atoms with Crippen LogP contribution in [0.4, 0.5) is 0 Å². The van der Waals surface area contributed by atoms with Crippen LogP contribution in [0.3, 0.4) is 0 Å². The molecule has 0 amide bonds. The molecule has 0 aliphatic rings. The lowest BCUT2D eigenvalue weighted by Crippen LogP contribution is -2.43. The van der Waals surface area contributed by atoms with Crippen LogP contribution in [0.2, 0.25) is 5.21 Å². The molecule has 0 saturated carbocycles. The molecule has 25 heavy (non-hydrogen) atoms. The number of carbonyl (C=O) groups is 3. The minimum atomic E-state index is -0.918. The van der Waals surface area contributed by atoms with Gasteiger partial charge in [0.15, 0.2) is 6.61 Å². The number of carbonyl (C=O) groups excluding carboxylic acids is 3. The Labute approximate surface area is 151 Å². The molecule has 0 bridgehead atoms. The summed E-state index contributed by atoms with van der Waals surface area (Å²) >= 11 is 0. The van der Waals surface area contributed by atoms with E-state index in [0.29, 0.717) is 0 Å². The van der Waals surface area contributed by atoms with E-state index < -0.39 is 35.1 Å². The van der Waals surface area contributed by atoms with Gasteiger partial charge in [-0.25, -0.2) is 4.79 Å². The van der Waals surface area contributed by atoms with Gasteiger partial charge < -0.3 is 14.2 Å². The highest BCUT2D eigenvalue weighted by molar-refractivity contribution is 6.51. The average Bonchev–Trinajstić information content (AvgIpc) is 2.49. The lowest BCUT2D eigenvalue weighted by Gasteiger charge is -2.33. The van der Waals surface area contributed by atoms with E-state index in [4.69, 9.17) is 14.2 Å². The van der Waals surface area contributed by atoms with Gasteiger partial charge in [-0.15, -0.1) is 0 Å². The van der Waals surface area contributed by atoms with E-state index >= 15 is 0 Å². The molecule has 0 fully saturated rings. The second kappa shape index (κ2) is 8.83.